The molecule has 0 unspecified atom stereocenters. The zero-order chi connectivity index (χ0) is 15.1. The average Bonchev–Trinajstić information content (AvgIpc) is 2.37. The summed E-state index contributed by atoms with van der Waals surface area (Å²) in [4.78, 5) is 24.3. The van der Waals surface area contributed by atoms with Crippen molar-refractivity contribution in [3.05, 3.63) is 29.8 Å². The quantitative estimate of drug-likeness (QED) is 0.596. The molecule has 1 aromatic carbocycles. The number of esters is 1. The summed E-state index contributed by atoms with van der Waals surface area (Å²) < 4.78 is 30.8. The van der Waals surface area contributed by atoms with E-state index in [9.17, 15) is 18.4 Å². The zero-order valence-electron chi connectivity index (χ0n) is 11.2. The fraction of sp³-hybridized carbons (Fsp3) is 0.385. The van der Waals surface area contributed by atoms with E-state index in [-0.39, 0.29) is 29.7 Å². The molecule has 7 heteroatoms. The molecule has 0 spiro atoms. The summed E-state index contributed by atoms with van der Waals surface area (Å²) in [6.45, 7) is 1.77. The van der Waals surface area contributed by atoms with E-state index in [1.165, 1.54) is 18.0 Å². The molecule has 0 radical (unpaired) electrons. The van der Waals surface area contributed by atoms with Crippen molar-refractivity contribution in [2.75, 3.05) is 26.0 Å². The molecule has 1 amide bonds. The molecule has 0 heterocycles. The molecular weight excluding hydrogens is 288 g/mol. The lowest BCUT2D eigenvalue weighted by molar-refractivity contribution is -0.147. The van der Waals surface area contributed by atoms with Crippen molar-refractivity contribution >= 4 is 23.6 Å². The summed E-state index contributed by atoms with van der Waals surface area (Å²) in [6.07, 6.45) is 0. The van der Waals surface area contributed by atoms with Gasteiger partial charge in [0.25, 0.3) is 0 Å². The third-order valence-corrected chi connectivity index (χ3v) is 3.38. The van der Waals surface area contributed by atoms with Crippen LogP contribution in [0, 0.1) is 11.6 Å². The van der Waals surface area contributed by atoms with Gasteiger partial charge in [-0.3, -0.25) is 9.59 Å². The summed E-state index contributed by atoms with van der Waals surface area (Å²) in [7, 11) is 1.46. The van der Waals surface area contributed by atoms with Gasteiger partial charge in [0.1, 0.15) is 18.2 Å². The van der Waals surface area contributed by atoms with E-state index in [0.717, 1.165) is 23.9 Å². The average molecular weight is 303 g/mol. The Hall–Kier alpha value is -1.63. The lowest BCUT2D eigenvalue weighted by Crippen LogP contribution is -2.34. The van der Waals surface area contributed by atoms with Gasteiger partial charge in [-0.2, -0.15) is 0 Å². The molecular formula is C13H15F2NO3S. The minimum Gasteiger partial charge on any atom is -0.465 e. The highest BCUT2D eigenvalue weighted by molar-refractivity contribution is 8.00. The normalized spacial score (nSPS) is 10.2. The fourth-order valence-electron chi connectivity index (χ4n) is 1.33. The van der Waals surface area contributed by atoms with Crippen LogP contribution in [-0.2, 0) is 14.3 Å². The molecule has 0 aromatic heterocycles. The third-order valence-electron chi connectivity index (χ3n) is 2.34. The maximum atomic E-state index is 13.4. The summed E-state index contributed by atoms with van der Waals surface area (Å²) >= 11 is 0.948. The van der Waals surface area contributed by atoms with Gasteiger partial charge in [-0.1, -0.05) is 0 Å². The van der Waals surface area contributed by atoms with Crippen LogP contribution >= 0.6 is 11.8 Å². The maximum Gasteiger partial charge on any atom is 0.325 e. The van der Waals surface area contributed by atoms with Crippen LogP contribution in [0.15, 0.2) is 23.1 Å². The van der Waals surface area contributed by atoms with Gasteiger partial charge in [0, 0.05) is 18.0 Å². The van der Waals surface area contributed by atoms with Gasteiger partial charge in [0.15, 0.2) is 0 Å². The Morgan fingerprint density at radius 3 is 2.65 bits per heavy atom. The van der Waals surface area contributed by atoms with E-state index < -0.39 is 17.6 Å². The number of hydrogen-bond acceptors (Lipinski definition) is 4. The van der Waals surface area contributed by atoms with E-state index in [2.05, 4.69) is 0 Å². The van der Waals surface area contributed by atoms with Crippen LogP contribution in [0.5, 0.6) is 0 Å². The number of halogens is 2. The Morgan fingerprint density at radius 1 is 1.35 bits per heavy atom. The summed E-state index contributed by atoms with van der Waals surface area (Å²) in [6, 6.07) is 3.15. The first-order valence-corrected chi connectivity index (χ1v) is 6.90. The van der Waals surface area contributed by atoms with Crippen LogP contribution in [-0.4, -0.2) is 42.7 Å². The Morgan fingerprint density at radius 2 is 2.05 bits per heavy atom. The highest BCUT2D eigenvalue weighted by Gasteiger charge is 2.15. The molecule has 1 aromatic rings. The first-order valence-electron chi connectivity index (χ1n) is 5.91. The Bertz CT molecular complexity index is 497. The molecule has 0 saturated heterocycles. The standard InChI is InChI=1S/C13H15F2NO3S/c1-3-19-13(18)7-16(2)12(17)8-20-11-5-4-9(14)6-10(11)15/h4-6H,3,7-8H2,1-2H3. The number of ether oxygens (including phenoxy) is 1. The second-order valence-corrected chi connectivity index (χ2v) is 4.94. The highest BCUT2D eigenvalue weighted by Crippen LogP contribution is 2.22. The van der Waals surface area contributed by atoms with Crippen molar-refractivity contribution in [3.63, 3.8) is 0 Å². The second kappa shape index (κ2) is 7.84. The number of carbonyl (C=O) groups excluding carboxylic acids is 2. The van der Waals surface area contributed by atoms with E-state index >= 15 is 0 Å². The summed E-state index contributed by atoms with van der Waals surface area (Å²) in [5.74, 6) is -2.26. The smallest absolute Gasteiger partial charge is 0.325 e. The molecule has 0 fully saturated rings. The monoisotopic (exact) mass is 303 g/mol. The van der Waals surface area contributed by atoms with Crippen LogP contribution in [0.2, 0.25) is 0 Å². The molecule has 0 bridgehead atoms. The van der Waals surface area contributed by atoms with Gasteiger partial charge in [0.05, 0.1) is 12.4 Å². The molecule has 0 saturated carbocycles. The molecule has 20 heavy (non-hydrogen) atoms. The first kappa shape index (κ1) is 16.4. The Balaban J connectivity index is 2.48. The highest BCUT2D eigenvalue weighted by atomic mass is 32.2. The third kappa shape index (κ3) is 5.16. The molecule has 0 atom stereocenters. The molecule has 0 N–H and O–H groups in total. The van der Waals surface area contributed by atoms with Crippen LogP contribution in [0.1, 0.15) is 6.92 Å². The van der Waals surface area contributed by atoms with Crippen LogP contribution in [0.3, 0.4) is 0 Å². The summed E-state index contributed by atoms with van der Waals surface area (Å²) in [5.41, 5.74) is 0. The minimum absolute atomic E-state index is 0.0432. The fourth-order valence-corrected chi connectivity index (χ4v) is 2.19. The van der Waals surface area contributed by atoms with Crippen molar-refractivity contribution in [3.8, 4) is 0 Å². The van der Waals surface area contributed by atoms with Gasteiger partial charge in [-0.05, 0) is 19.1 Å². The van der Waals surface area contributed by atoms with Crippen molar-refractivity contribution in [1.82, 2.24) is 4.90 Å². The molecule has 110 valence electrons. The van der Waals surface area contributed by atoms with Crippen molar-refractivity contribution in [2.24, 2.45) is 0 Å². The SMILES string of the molecule is CCOC(=O)CN(C)C(=O)CSc1ccc(F)cc1F. The van der Waals surface area contributed by atoms with Crippen molar-refractivity contribution in [2.45, 2.75) is 11.8 Å². The van der Waals surface area contributed by atoms with Gasteiger partial charge >= 0.3 is 5.97 Å². The number of nitrogens with zero attached hydrogens (tertiary/aromatic N) is 1. The number of benzene rings is 1. The predicted octanol–water partition coefficient (Wildman–Crippen LogP) is 2.08. The van der Waals surface area contributed by atoms with Crippen molar-refractivity contribution in [1.29, 1.82) is 0 Å². The predicted molar refractivity (Wildman–Crippen MR) is 71.4 cm³/mol. The van der Waals surface area contributed by atoms with Gasteiger partial charge in [0.2, 0.25) is 5.91 Å². The van der Waals surface area contributed by atoms with E-state index in [0.29, 0.717) is 0 Å². The lowest BCUT2D eigenvalue weighted by atomic mass is 10.3. The molecule has 0 aliphatic rings. The molecule has 0 aliphatic carbocycles. The molecule has 0 aliphatic heterocycles. The van der Waals surface area contributed by atoms with E-state index in [1.54, 1.807) is 6.92 Å². The van der Waals surface area contributed by atoms with Gasteiger partial charge in [-0.15, -0.1) is 11.8 Å². The van der Waals surface area contributed by atoms with Gasteiger partial charge < -0.3 is 9.64 Å². The molecule has 1 rings (SSSR count). The van der Waals surface area contributed by atoms with Crippen molar-refractivity contribution < 1.29 is 23.1 Å². The topological polar surface area (TPSA) is 46.6 Å². The number of likely N-dealkylation sites (N-methyl/N-ethyl adjacent to an activating group) is 1. The minimum atomic E-state index is -0.712. The number of thioether (sulfide) groups is 1. The van der Waals surface area contributed by atoms with Crippen LogP contribution in [0.25, 0.3) is 0 Å². The Kier molecular flexibility index (Phi) is 6.44. The Labute approximate surface area is 120 Å². The number of amides is 1. The first-order chi connectivity index (χ1) is 9.43. The second-order valence-electron chi connectivity index (χ2n) is 3.92. The number of hydrogen-bond donors (Lipinski definition) is 0. The number of carbonyl (C=O) groups is 2. The lowest BCUT2D eigenvalue weighted by Gasteiger charge is -2.15. The maximum absolute atomic E-state index is 13.4. The summed E-state index contributed by atoms with van der Waals surface area (Å²) in [5, 5.41) is 0. The van der Waals surface area contributed by atoms with E-state index in [1.807, 2.05) is 0 Å². The largest absolute Gasteiger partial charge is 0.465 e. The van der Waals surface area contributed by atoms with E-state index in [4.69, 9.17) is 4.74 Å². The number of rotatable bonds is 6. The van der Waals surface area contributed by atoms with Gasteiger partial charge in [-0.25, -0.2) is 8.78 Å². The van der Waals surface area contributed by atoms with Crippen LogP contribution in [0.4, 0.5) is 8.78 Å². The molecule has 4 nitrogen and oxygen atoms in total. The zero-order valence-corrected chi connectivity index (χ0v) is 12.0. The van der Waals surface area contributed by atoms with Crippen LogP contribution < -0.4 is 0 Å².